The molecule has 0 aliphatic rings. The van der Waals surface area contributed by atoms with Gasteiger partial charge in [0.15, 0.2) is 0 Å². The number of rotatable bonds is 4. The van der Waals surface area contributed by atoms with Gasteiger partial charge in [-0.05, 0) is 12.5 Å². The Morgan fingerprint density at radius 2 is 2.08 bits per heavy atom. The van der Waals surface area contributed by atoms with Crippen molar-refractivity contribution in [2.45, 2.75) is 6.92 Å². The van der Waals surface area contributed by atoms with E-state index in [0.29, 0.717) is 0 Å². The molecule has 0 aliphatic heterocycles. The van der Waals surface area contributed by atoms with E-state index in [-0.39, 0.29) is 13.2 Å². The van der Waals surface area contributed by atoms with E-state index in [0.717, 1.165) is 11.3 Å². The molecule has 3 nitrogen and oxygen atoms in total. The molecule has 0 amide bonds. The van der Waals surface area contributed by atoms with Crippen molar-refractivity contribution in [1.82, 2.24) is 0 Å². The Balaban J connectivity index is 2.57. The highest BCUT2D eigenvalue weighted by molar-refractivity contribution is 5.98. The first kappa shape index (κ1) is 9.74. The van der Waals surface area contributed by atoms with Crippen LogP contribution in [0.3, 0.4) is 0 Å². The fraction of sp³-hybridized carbons (Fsp3) is 0.300. The van der Waals surface area contributed by atoms with E-state index < -0.39 is 0 Å². The van der Waals surface area contributed by atoms with Gasteiger partial charge in [-0.2, -0.15) is 0 Å². The molecule has 0 saturated carbocycles. The number of aliphatic hydroxyl groups is 1. The molecule has 0 spiro atoms. The molecule has 0 heterocycles. The molecule has 70 valence electrons. The van der Waals surface area contributed by atoms with Crippen molar-refractivity contribution in [3.05, 3.63) is 35.9 Å². The van der Waals surface area contributed by atoms with Gasteiger partial charge in [0.1, 0.15) is 6.61 Å². The van der Waals surface area contributed by atoms with Crippen LogP contribution in [0, 0.1) is 0 Å². The minimum Gasteiger partial charge on any atom is -0.393 e. The maximum absolute atomic E-state index is 8.46. The highest BCUT2D eigenvalue weighted by atomic mass is 16.6. The molecule has 13 heavy (non-hydrogen) atoms. The Bertz CT molecular complexity index is 270. The summed E-state index contributed by atoms with van der Waals surface area (Å²) in [6.45, 7) is 2.10. The monoisotopic (exact) mass is 179 g/mol. The van der Waals surface area contributed by atoms with Crippen molar-refractivity contribution in [3.8, 4) is 0 Å². The lowest BCUT2D eigenvalue weighted by atomic mass is 10.1. The first-order valence-corrected chi connectivity index (χ1v) is 4.17. The lowest BCUT2D eigenvalue weighted by molar-refractivity contribution is 0.0986. The number of hydrogen-bond acceptors (Lipinski definition) is 3. The molecule has 0 atom stereocenters. The van der Waals surface area contributed by atoms with E-state index >= 15 is 0 Å². The summed E-state index contributed by atoms with van der Waals surface area (Å²) in [6, 6.07) is 9.76. The first-order valence-electron chi connectivity index (χ1n) is 4.17. The molecule has 1 aromatic carbocycles. The molecule has 0 unspecified atom stereocenters. The summed E-state index contributed by atoms with van der Waals surface area (Å²) in [5.74, 6) is 0. The van der Waals surface area contributed by atoms with Crippen molar-refractivity contribution in [3.63, 3.8) is 0 Å². The van der Waals surface area contributed by atoms with Crippen LogP contribution >= 0.6 is 0 Å². The highest BCUT2D eigenvalue weighted by Crippen LogP contribution is 2.00. The fourth-order valence-corrected chi connectivity index (χ4v) is 0.915. The number of nitrogens with zero attached hydrogens (tertiary/aromatic N) is 1. The average molecular weight is 179 g/mol. The van der Waals surface area contributed by atoms with Crippen molar-refractivity contribution in [1.29, 1.82) is 0 Å². The van der Waals surface area contributed by atoms with Gasteiger partial charge in [-0.25, -0.2) is 0 Å². The molecule has 0 radical (unpaired) electrons. The minimum atomic E-state index is -0.00836. The van der Waals surface area contributed by atoms with E-state index in [4.69, 9.17) is 9.94 Å². The van der Waals surface area contributed by atoms with Gasteiger partial charge in [0.25, 0.3) is 0 Å². The van der Waals surface area contributed by atoms with Gasteiger partial charge in [0.05, 0.1) is 12.3 Å². The third kappa shape index (κ3) is 3.25. The van der Waals surface area contributed by atoms with E-state index in [1.807, 2.05) is 37.3 Å². The number of hydrogen-bond donors (Lipinski definition) is 1. The molecular formula is C10H13NO2. The van der Waals surface area contributed by atoms with Crippen molar-refractivity contribution in [2.75, 3.05) is 13.2 Å². The van der Waals surface area contributed by atoms with Gasteiger partial charge in [0.2, 0.25) is 0 Å². The van der Waals surface area contributed by atoms with Crippen LogP contribution in [0.5, 0.6) is 0 Å². The fourth-order valence-electron chi connectivity index (χ4n) is 0.915. The molecule has 0 bridgehead atoms. The van der Waals surface area contributed by atoms with Crippen LogP contribution in [0.1, 0.15) is 12.5 Å². The van der Waals surface area contributed by atoms with E-state index in [9.17, 15) is 0 Å². The molecular weight excluding hydrogens is 166 g/mol. The van der Waals surface area contributed by atoms with Gasteiger partial charge < -0.3 is 9.94 Å². The second-order valence-corrected chi connectivity index (χ2v) is 2.60. The summed E-state index contributed by atoms with van der Waals surface area (Å²) in [7, 11) is 0. The van der Waals surface area contributed by atoms with Crippen LogP contribution in [-0.2, 0) is 4.84 Å². The largest absolute Gasteiger partial charge is 0.393 e. The van der Waals surface area contributed by atoms with Crippen LogP contribution in [0.15, 0.2) is 35.5 Å². The summed E-state index contributed by atoms with van der Waals surface area (Å²) in [4.78, 5) is 4.84. The standard InChI is InChI=1S/C10H13NO2/c1-9(11-13-8-7-12)10-5-3-2-4-6-10/h2-6,12H,7-8H2,1H3. The number of oxime groups is 1. The zero-order valence-corrected chi connectivity index (χ0v) is 7.60. The summed E-state index contributed by atoms with van der Waals surface area (Å²) in [5, 5.41) is 12.3. The van der Waals surface area contributed by atoms with Gasteiger partial charge in [-0.3, -0.25) is 0 Å². The topological polar surface area (TPSA) is 41.8 Å². The van der Waals surface area contributed by atoms with Crippen LogP contribution in [0.25, 0.3) is 0 Å². The van der Waals surface area contributed by atoms with Gasteiger partial charge in [-0.15, -0.1) is 0 Å². The van der Waals surface area contributed by atoms with Gasteiger partial charge in [-0.1, -0.05) is 35.5 Å². The lowest BCUT2D eigenvalue weighted by Gasteiger charge is -1.99. The zero-order chi connectivity index (χ0) is 9.52. The molecule has 0 saturated heterocycles. The maximum Gasteiger partial charge on any atom is 0.140 e. The van der Waals surface area contributed by atoms with E-state index in [1.165, 1.54) is 0 Å². The zero-order valence-electron chi connectivity index (χ0n) is 7.60. The molecule has 1 rings (SSSR count). The molecule has 1 aromatic rings. The average Bonchev–Trinajstić information content (AvgIpc) is 2.19. The third-order valence-electron chi connectivity index (χ3n) is 1.58. The minimum absolute atomic E-state index is 0.00836. The van der Waals surface area contributed by atoms with E-state index in [2.05, 4.69) is 5.16 Å². The second kappa shape index (κ2) is 5.32. The Morgan fingerprint density at radius 3 is 2.69 bits per heavy atom. The van der Waals surface area contributed by atoms with Crippen LogP contribution in [0.4, 0.5) is 0 Å². The first-order chi connectivity index (χ1) is 6.34. The molecule has 0 aromatic heterocycles. The van der Waals surface area contributed by atoms with Crippen LogP contribution in [-0.4, -0.2) is 24.0 Å². The quantitative estimate of drug-likeness (QED) is 0.431. The molecule has 0 aliphatic carbocycles. The smallest absolute Gasteiger partial charge is 0.140 e. The Hall–Kier alpha value is -1.35. The van der Waals surface area contributed by atoms with Crippen molar-refractivity contribution >= 4 is 5.71 Å². The predicted molar refractivity (Wildman–Crippen MR) is 51.7 cm³/mol. The van der Waals surface area contributed by atoms with Crippen molar-refractivity contribution in [2.24, 2.45) is 5.16 Å². The number of aliphatic hydroxyl groups excluding tert-OH is 1. The lowest BCUT2D eigenvalue weighted by Crippen LogP contribution is -1.99. The van der Waals surface area contributed by atoms with Crippen molar-refractivity contribution < 1.29 is 9.94 Å². The van der Waals surface area contributed by atoms with Crippen LogP contribution < -0.4 is 0 Å². The third-order valence-corrected chi connectivity index (χ3v) is 1.58. The SMILES string of the molecule is CC(=NOCCO)c1ccccc1. The van der Waals surface area contributed by atoms with Gasteiger partial charge >= 0.3 is 0 Å². The molecule has 1 N–H and O–H groups in total. The summed E-state index contributed by atoms with van der Waals surface area (Å²) in [5.41, 5.74) is 1.84. The van der Waals surface area contributed by atoms with Crippen LogP contribution in [0.2, 0.25) is 0 Å². The normalized spacial score (nSPS) is 11.4. The Labute approximate surface area is 77.6 Å². The van der Waals surface area contributed by atoms with E-state index in [1.54, 1.807) is 0 Å². The Morgan fingerprint density at radius 1 is 1.38 bits per heavy atom. The Kier molecular flexibility index (Phi) is 3.99. The number of benzene rings is 1. The molecule has 3 heteroatoms. The molecule has 0 fully saturated rings. The second-order valence-electron chi connectivity index (χ2n) is 2.60. The maximum atomic E-state index is 8.46. The summed E-state index contributed by atoms with van der Waals surface area (Å²) >= 11 is 0. The summed E-state index contributed by atoms with van der Waals surface area (Å²) in [6.07, 6.45) is 0. The highest BCUT2D eigenvalue weighted by Gasteiger charge is 1.94. The summed E-state index contributed by atoms with van der Waals surface area (Å²) < 4.78 is 0. The van der Waals surface area contributed by atoms with Gasteiger partial charge in [0, 0.05) is 0 Å². The predicted octanol–water partition coefficient (Wildman–Crippen LogP) is 1.42.